The summed E-state index contributed by atoms with van der Waals surface area (Å²) in [4.78, 5) is 23.9. The standard InChI is InChI=1S/C20H20ClFN2O4/c21-16-11-13(4-9-17(16)22)24-19(25)12-27-14-5-7-15(8-6-14)28-18-3-1-2-10-23-20(18)26/h4-9,11,18H,1-3,10,12H2,(H,23,26)(H,24,25)/t18-/m0/s1. The molecular weight excluding hydrogens is 387 g/mol. The third-order valence-electron chi connectivity index (χ3n) is 4.16. The maximum atomic E-state index is 13.1. The molecule has 0 bridgehead atoms. The topological polar surface area (TPSA) is 76.7 Å². The Morgan fingerprint density at radius 2 is 1.93 bits per heavy atom. The van der Waals surface area contributed by atoms with Gasteiger partial charge in [-0.25, -0.2) is 4.39 Å². The lowest BCUT2D eigenvalue weighted by Crippen LogP contribution is -2.36. The number of benzene rings is 2. The van der Waals surface area contributed by atoms with Gasteiger partial charge in [-0.2, -0.15) is 0 Å². The Hall–Kier alpha value is -2.80. The van der Waals surface area contributed by atoms with Crippen molar-refractivity contribution < 1.29 is 23.5 Å². The van der Waals surface area contributed by atoms with Gasteiger partial charge in [0.05, 0.1) is 5.02 Å². The summed E-state index contributed by atoms with van der Waals surface area (Å²) in [6.07, 6.45) is 2.06. The Bertz CT molecular complexity index is 845. The van der Waals surface area contributed by atoms with E-state index in [0.717, 1.165) is 12.8 Å². The van der Waals surface area contributed by atoms with Crippen molar-refractivity contribution in [3.63, 3.8) is 0 Å². The number of carbonyl (C=O) groups is 2. The maximum absolute atomic E-state index is 13.1. The third kappa shape index (κ3) is 5.60. The van der Waals surface area contributed by atoms with E-state index in [2.05, 4.69) is 10.6 Å². The largest absolute Gasteiger partial charge is 0.484 e. The monoisotopic (exact) mass is 406 g/mol. The van der Waals surface area contributed by atoms with Crippen LogP contribution in [0.2, 0.25) is 5.02 Å². The molecule has 2 amide bonds. The number of nitrogens with one attached hydrogen (secondary N) is 2. The van der Waals surface area contributed by atoms with Crippen LogP contribution in [0, 0.1) is 5.82 Å². The molecular formula is C20H20ClFN2O4. The highest BCUT2D eigenvalue weighted by Crippen LogP contribution is 2.21. The molecule has 6 nitrogen and oxygen atoms in total. The second kappa shape index (κ2) is 9.41. The van der Waals surface area contributed by atoms with Gasteiger partial charge in [0, 0.05) is 12.2 Å². The molecule has 1 aliphatic rings. The Morgan fingerprint density at radius 3 is 2.68 bits per heavy atom. The van der Waals surface area contributed by atoms with Gasteiger partial charge in [-0.15, -0.1) is 0 Å². The minimum absolute atomic E-state index is 0.0725. The first-order valence-electron chi connectivity index (χ1n) is 8.93. The number of hydrogen-bond acceptors (Lipinski definition) is 4. The van der Waals surface area contributed by atoms with Crippen molar-refractivity contribution in [2.75, 3.05) is 18.5 Å². The Labute approximate surface area is 167 Å². The molecule has 0 radical (unpaired) electrons. The molecule has 148 valence electrons. The van der Waals surface area contributed by atoms with Gasteiger partial charge in [-0.3, -0.25) is 9.59 Å². The fraction of sp³-hybridized carbons (Fsp3) is 0.300. The second-order valence-corrected chi connectivity index (χ2v) is 6.74. The van der Waals surface area contributed by atoms with E-state index in [-0.39, 0.29) is 17.5 Å². The molecule has 8 heteroatoms. The van der Waals surface area contributed by atoms with E-state index in [1.165, 1.54) is 18.2 Å². The van der Waals surface area contributed by atoms with Gasteiger partial charge in [0.15, 0.2) is 12.7 Å². The summed E-state index contributed by atoms with van der Waals surface area (Å²) in [5.41, 5.74) is 0.380. The quantitative estimate of drug-likeness (QED) is 0.769. The summed E-state index contributed by atoms with van der Waals surface area (Å²) in [6.45, 7) is 0.456. The highest BCUT2D eigenvalue weighted by molar-refractivity contribution is 6.31. The van der Waals surface area contributed by atoms with Crippen molar-refractivity contribution in [1.82, 2.24) is 5.32 Å². The normalized spacial score (nSPS) is 16.6. The van der Waals surface area contributed by atoms with Crippen molar-refractivity contribution in [2.24, 2.45) is 0 Å². The smallest absolute Gasteiger partial charge is 0.262 e. The van der Waals surface area contributed by atoms with Crippen LogP contribution in [-0.2, 0) is 9.59 Å². The van der Waals surface area contributed by atoms with E-state index in [1.807, 2.05) is 0 Å². The zero-order chi connectivity index (χ0) is 19.9. The van der Waals surface area contributed by atoms with Crippen LogP contribution < -0.4 is 20.1 Å². The number of amides is 2. The molecule has 1 aliphatic heterocycles. The SMILES string of the molecule is O=C(COc1ccc(O[C@H]2CCCCNC2=O)cc1)Nc1ccc(F)c(Cl)c1. The van der Waals surface area contributed by atoms with Gasteiger partial charge in [-0.05, 0) is 61.7 Å². The summed E-state index contributed by atoms with van der Waals surface area (Å²) < 4.78 is 24.3. The number of anilines is 1. The van der Waals surface area contributed by atoms with Gasteiger partial charge in [0.1, 0.15) is 17.3 Å². The fourth-order valence-corrected chi connectivity index (χ4v) is 2.90. The molecule has 2 N–H and O–H groups in total. The molecule has 2 aromatic carbocycles. The van der Waals surface area contributed by atoms with Crippen LogP contribution in [0.4, 0.5) is 10.1 Å². The van der Waals surface area contributed by atoms with Crippen LogP contribution in [-0.4, -0.2) is 31.1 Å². The van der Waals surface area contributed by atoms with E-state index in [9.17, 15) is 14.0 Å². The molecule has 0 spiro atoms. The van der Waals surface area contributed by atoms with E-state index < -0.39 is 17.8 Å². The molecule has 1 fully saturated rings. The Kier molecular flexibility index (Phi) is 6.71. The summed E-state index contributed by atoms with van der Waals surface area (Å²) in [7, 11) is 0. The van der Waals surface area contributed by atoms with E-state index in [1.54, 1.807) is 24.3 Å². The third-order valence-corrected chi connectivity index (χ3v) is 4.45. The molecule has 28 heavy (non-hydrogen) atoms. The molecule has 0 saturated carbocycles. The van der Waals surface area contributed by atoms with Crippen LogP contribution in [0.5, 0.6) is 11.5 Å². The summed E-state index contributed by atoms with van der Waals surface area (Å²) in [5, 5.41) is 5.32. The number of carbonyl (C=O) groups excluding carboxylic acids is 2. The first-order chi connectivity index (χ1) is 13.5. The van der Waals surface area contributed by atoms with Crippen LogP contribution in [0.3, 0.4) is 0 Å². The molecule has 1 atom stereocenters. The van der Waals surface area contributed by atoms with E-state index in [4.69, 9.17) is 21.1 Å². The van der Waals surface area contributed by atoms with Crippen LogP contribution >= 0.6 is 11.6 Å². The number of ether oxygens (including phenoxy) is 2. The van der Waals surface area contributed by atoms with Crippen LogP contribution in [0.1, 0.15) is 19.3 Å². The van der Waals surface area contributed by atoms with E-state index in [0.29, 0.717) is 30.2 Å². The molecule has 1 heterocycles. The predicted octanol–water partition coefficient (Wildman–Crippen LogP) is 3.54. The van der Waals surface area contributed by atoms with Gasteiger partial charge in [-0.1, -0.05) is 11.6 Å². The zero-order valence-electron chi connectivity index (χ0n) is 15.0. The molecule has 2 aromatic rings. The second-order valence-electron chi connectivity index (χ2n) is 6.33. The summed E-state index contributed by atoms with van der Waals surface area (Å²) >= 11 is 5.68. The van der Waals surface area contributed by atoms with Crippen LogP contribution in [0.15, 0.2) is 42.5 Å². The zero-order valence-corrected chi connectivity index (χ0v) is 15.8. The average molecular weight is 407 g/mol. The molecule has 3 rings (SSSR count). The molecule has 0 aliphatic carbocycles. The molecule has 0 aromatic heterocycles. The van der Waals surface area contributed by atoms with Crippen molar-refractivity contribution in [2.45, 2.75) is 25.4 Å². The highest BCUT2D eigenvalue weighted by Gasteiger charge is 2.22. The van der Waals surface area contributed by atoms with Gasteiger partial charge in [0.2, 0.25) is 0 Å². The lowest BCUT2D eigenvalue weighted by molar-refractivity contribution is -0.127. The minimum atomic E-state index is -0.556. The Morgan fingerprint density at radius 1 is 1.18 bits per heavy atom. The van der Waals surface area contributed by atoms with Crippen LogP contribution in [0.25, 0.3) is 0 Å². The Balaban J connectivity index is 1.49. The highest BCUT2D eigenvalue weighted by atomic mass is 35.5. The predicted molar refractivity (Wildman–Crippen MR) is 103 cm³/mol. The molecule has 1 saturated heterocycles. The number of hydrogen-bond donors (Lipinski definition) is 2. The number of rotatable bonds is 6. The van der Waals surface area contributed by atoms with Gasteiger partial charge < -0.3 is 20.1 Å². The van der Waals surface area contributed by atoms with Gasteiger partial charge >= 0.3 is 0 Å². The van der Waals surface area contributed by atoms with Crippen molar-refractivity contribution >= 4 is 29.1 Å². The van der Waals surface area contributed by atoms with Gasteiger partial charge in [0.25, 0.3) is 11.8 Å². The fourth-order valence-electron chi connectivity index (χ4n) is 2.72. The first kappa shape index (κ1) is 19.9. The van der Waals surface area contributed by atoms with Crippen molar-refractivity contribution in [3.05, 3.63) is 53.3 Å². The van der Waals surface area contributed by atoms with Crippen molar-refractivity contribution in [1.29, 1.82) is 0 Å². The lowest BCUT2D eigenvalue weighted by atomic mass is 10.2. The molecule has 0 unspecified atom stereocenters. The maximum Gasteiger partial charge on any atom is 0.262 e. The summed E-state index contributed by atoms with van der Waals surface area (Å²) in [6, 6.07) is 10.6. The minimum Gasteiger partial charge on any atom is -0.484 e. The lowest BCUT2D eigenvalue weighted by Gasteiger charge is -2.16. The average Bonchev–Trinajstić information content (AvgIpc) is 2.88. The van der Waals surface area contributed by atoms with Crippen molar-refractivity contribution in [3.8, 4) is 11.5 Å². The van der Waals surface area contributed by atoms with E-state index >= 15 is 0 Å². The number of halogens is 2. The summed E-state index contributed by atoms with van der Waals surface area (Å²) in [5.74, 6) is -0.0298. The first-order valence-corrected chi connectivity index (χ1v) is 9.31.